The number of esters is 1. The Hall–Kier alpha value is -1.55. The van der Waals surface area contributed by atoms with E-state index in [0.717, 1.165) is 5.56 Å². The number of benzene rings is 1. The van der Waals surface area contributed by atoms with Crippen LogP contribution in [0, 0.1) is 6.92 Å². The quantitative estimate of drug-likeness (QED) is 0.449. The topological polar surface area (TPSA) is 61.5 Å². The van der Waals surface area contributed by atoms with E-state index in [-0.39, 0.29) is 6.79 Å². The van der Waals surface area contributed by atoms with E-state index in [1.807, 2.05) is 6.92 Å². The summed E-state index contributed by atoms with van der Waals surface area (Å²) >= 11 is 0. The van der Waals surface area contributed by atoms with Crippen LogP contribution in [0.1, 0.15) is 15.9 Å². The van der Waals surface area contributed by atoms with Crippen molar-refractivity contribution in [3.8, 4) is 0 Å². The molecule has 0 atom stereocenters. The zero-order valence-electron chi connectivity index (χ0n) is 8.24. The molecule has 0 radical (unpaired) electrons. The van der Waals surface area contributed by atoms with Crippen LogP contribution in [-0.4, -0.2) is 19.9 Å². The number of carbonyl (C=O) groups is 1. The molecule has 0 bridgehead atoms. The molecule has 0 aliphatic heterocycles. The summed E-state index contributed by atoms with van der Waals surface area (Å²) in [5.74, 6) is -0.420. The van der Waals surface area contributed by atoms with Gasteiger partial charge in [-0.15, -0.1) is 0 Å². The highest BCUT2D eigenvalue weighted by molar-refractivity contribution is 5.92. The van der Waals surface area contributed by atoms with Crippen molar-refractivity contribution in [2.75, 3.05) is 19.6 Å². The van der Waals surface area contributed by atoms with Crippen molar-refractivity contribution >= 4 is 11.7 Å². The Labute approximate surface area is 82.6 Å². The highest BCUT2D eigenvalue weighted by Crippen LogP contribution is 2.13. The third-order valence-electron chi connectivity index (χ3n) is 1.79. The molecule has 76 valence electrons. The van der Waals surface area contributed by atoms with Crippen molar-refractivity contribution in [2.24, 2.45) is 0 Å². The summed E-state index contributed by atoms with van der Waals surface area (Å²) in [6.45, 7) is 1.77. The number of methoxy groups -OCH3 is 1. The van der Waals surface area contributed by atoms with Crippen LogP contribution in [0.25, 0.3) is 0 Å². The molecule has 0 aliphatic rings. The first kappa shape index (κ1) is 10.5. The van der Waals surface area contributed by atoms with Gasteiger partial charge in [-0.2, -0.15) is 0 Å². The van der Waals surface area contributed by atoms with Crippen molar-refractivity contribution in [1.82, 2.24) is 0 Å². The van der Waals surface area contributed by atoms with Crippen molar-refractivity contribution in [2.45, 2.75) is 6.92 Å². The van der Waals surface area contributed by atoms with E-state index in [1.54, 1.807) is 18.2 Å². The normalized spacial score (nSPS) is 9.86. The second kappa shape index (κ2) is 4.62. The Bertz CT molecular complexity index is 336. The summed E-state index contributed by atoms with van der Waals surface area (Å²) in [6, 6.07) is 5.11. The molecule has 4 nitrogen and oxygen atoms in total. The average molecular weight is 195 g/mol. The van der Waals surface area contributed by atoms with Crippen LogP contribution >= 0.6 is 0 Å². The molecule has 2 N–H and O–H groups in total. The van der Waals surface area contributed by atoms with E-state index in [1.165, 1.54) is 7.11 Å². The van der Waals surface area contributed by atoms with E-state index in [2.05, 4.69) is 4.74 Å². The van der Waals surface area contributed by atoms with Crippen LogP contribution in [0.3, 0.4) is 0 Å². The standard InChI is InChI=1S/C10H13NO3/c1-7-3-4-8(11)5-9(7)10(12)14-6-13-2/h3-5H,6,11H2,1-2H3. The molecule has 4 heteroatoms. The summed E-state index contributed by atoms with van der Waals surface area (Å²) < 4.78 is 9.43. The lowest BCUT2D eigenvalue weighted by atomic mass is 10.1. The Morgan fingerprint density at radius 2 is 2.21 bits per heavy atom. The van der Waals surface area contributed by atoms with Gasteiger partial charge in [0.2, 0.25) is 0 Å². The smallest absolute Gasteiger partial charge is 0.340 e. The minimum absolute atomic E-state index is 0.0485. The summed E-state index contributed by atoms with van der Waals surface area (Å²) in [7, 11) is 1.46. The SMILES string of the molecule is COCOC(=O)c1cc(N)ccc1C. The van der Waals surface area contributed by atoms with Gasteiger partial charge in [0.25, 0.3) is 0 Å². The van der Waals surface area contributed by atoms with Crippen LogP contribution < -0.4 is 5.73 Å². The maximum atomic E-state index is 11.4. The average Bonchev–Trinajstić information content (AvgIpc) is 2.18. The van der Waals surface area contributed by atoms with Gasteiger partial charge in [0.05, 0.1) is 5.56 Å². The molecule has 14 heavy (non-hydrogen) atoms. The van der Waals surface area contributed by atoms with Gasteiger partial charge in [0, 0.05) is 12.8 Å². The molecule has 1 rings (SSSR count). The molecule has 0 heterocycles. The Balaban J connectivity index is 2.83. The fourth-order valence-corrected chi connectivity index (χ4v) is 1.05. The molecule has 0 saturated carbocycles. The largest absolute Gasteiger partial charge is 0.435 e. The van der Waals surface area contributed by atoms with Gasteiger partial charge in [-0.05, 0) is 24.6 Å². The maximum absolute atomic E-state index is 11.4. The number of aryl methyl sites for hydroxylation is 1. The molecule has 0 spiro atoms. The van der Waals surface area contributed by atoms with Crippen molar-refractivity contribution in [3.63, 3.8) is 0 Å². The minimum atomic E-state index is -0.420. The lowest BCUT2D eigenvalue weighted by Crippen LogP contribution is -2.09. The second-order valence-corrected chi connectivity index (χ2v) is 2.91. The number of carbonyl (C=O) groups excluding carboxylic acids is 1. The number of hydrogen-bond donors (Lipinski definition) is 1. The molecule has 0 fully saturated rings. The molecule has 1 aromatic carbocycles. The van der Waals surface area contributed by atoms with Gasteiger partial charge in [0.15, 0.2) is 6.79 Å². The third kappa shape index (κ3) is 2.47. The van der Waals surface area contributed by atoms with Crippen LogP contribution in [0.4, 0.5) is 5.69 Å². The van der Waals surface area contributed by atoms with Gasteiger partial charge in [0.1, 0.15) is 0 Å². The molecule has 0 aromatic heterocycles. The number of anilines is 1. The van der Waals surface area contributed by atoms with Gasteiger partial charge >= 0.3 is 5.97 Å². The van der Waals surface area contributed by atoms with Crippen LogP contribution in [0.15, 0.2) is 18.2 Å². The molecular weight excluding hydrogens is 182 g/mol. The van der Waals surface area contributed by atoms with Crippen LogP contribution in [0.5, 0.6) is 0 Å². The molecule has 0 amide bonds. The van der Waals surface area contributed by atoms with Gasteiger partial charge in [-0.3, -0.25) is 0 Å². The first-order valence-electron chi connectivity index (χ1n) is 4.17. The summed E-state index contributed by atoms with van der Waals surface area (Å²) in [4.78, 5) is 11.4. The lowest BCUT2D eigenvalue weighted by Gasteiger charge is -2.06. The molecule has 0 unspecified atom stereocenters. The molecule has 0 saturated heterocycles. The first-order valence-corrected chi connectivity index (χ1v) is 4.17. The second-order valence-electron chi connectivity index (χ2n) is 2.91. The van der Waals surface area contributed by atoms with E-state index in [9.17, 15) is 4.79 Å². The van der Waals surface area contributed by atoms with E-state index >= 15 is 0 Å². The summed E-state index contributed by atoms with van der Waals surface area (Å²) in [5.41, 5.74) is 7.40. The maximum Gasteiger partial charge on any atom is 0.340 e. The zero-order chi connectivity index (χ0) is 10.6. The van der Waals surface area contributed by atoms with Gasteiger partial charge in [-0.25, -0.2) is 4.79 Å². The fraction of sp³-hybridized carbons (Fsp3) is 0.300. The number of ether oxygens (including phenoxy) is 2. The van der Waals surface area contributed by atoms with Crippen molar-refractivity contribution in [3.05, 3.63) is 29.3 Å². The van der Waals surface area contributed by atoms with Crippen LogP contribution in [0.2, 0.25) is 0 Å². The predicted molar refractivity (Wildman–Crippen MR) is 52.9 cm³/mol. The van der Waals surface area contributed by atoms with Crippen molar-refractivity contribution < 1.29 is 14.3 Å². The number of rotatable bonds is 3. The fourth-order valence-electron chi connectivity index (χ4n) is 1.05. The Morgan fingerprint density at radius 1 is 1.50 bits per heavy atom. The molecular formula is C10H13NO3. The molecule has 1 aromatic rings. The predicted octanol–water partition coefficient (Wildman–Crippen LogP) is 1.34. The Kier molecular flexibility index (Phi) is 3.48. The number of hydrogen-bond acceptors (Lipinski definition) is 4. The number of nitrogens with two attached hydrogens (primary N) is 1. The highest BCUT2D eigenvalue weighted by atomic mass is 16.7. The molecule has 0 aliphatic carbocycles. The summed E-state index contributed by atoms with van der Waals surface area (Å²) in [5, 5.41) is 0. The minimum Gasteiger partial charge on any atom is -0.435 e. The van der Waals surface area contributed by atoms with E-state index in [0.29, 0.717) is 11.3 Å². The van der Waals surface area contributed by atoms with E-state index in [4.69, 9.17) is 10.5 Å². The monoisotopic (exact) mass is 195 g/mol. The summed E-state index contributed by atoms with van der Waals surface area (Å²) in [6.07, 6.45) is 0. The van der Waals surface area contributed by atoms with E-state index < -0.39 is 5.97 Å². The van der Waals surface area contributed by atoms with Crippen LogP contribution in [-0.2, 0) is 9.47 Å². The van der Waals surface area contributed by atoms with Gasteiger partial charge < -0.3 is 15.2 Å². The number of nitrogen functional groups attached to an aromatic ring is 1. The third-order valence-corrected chi connectivity index (χ3v) is 1.79. The lowest BCUT2D eigenvalue weighted by molar-refractivity contribution is -0.0125. The first-order chi connectivity index (χ1) is 6.65. The Morgan fingerprint density at radius 3 is 2.86 bits per heavy atom. The van der Waals surface area contributed by atoms with Crippen molar-refractivity contribution in [1.29, 1.82) is 0 Å². The van der Waals surface area contributed by atoms with Gasteiger partial charge in [-0.1, -0.05) is 6.07 Å². The zero-order valence-corrected chi connectivity index (χ0v) is 8.24. The highest BCUT2D eigenvalue weighted by Gasteiger charge is 2.10.